The van der Waals surface area contributed by atoms with Crippen molar-refractivity contribution in [2.24, 2.45) is 28.9 Å². The molecule has 14 atom stereocenters. The maximum atomic E-state index is 13.1. The van der Waals surface area contributed by atoms with Crippen LogP contribution < -0.4 is 33.6 Å². The van der Waals surface area contributed by atoms with E-state index >= 15 is 0 Å². The van der Waals surface area contributed by atoms with Gasteiger partial charge in [0.15, 0.2) is 6.29 Å². The number of nitrogens with one attached hydrogen (secondary N) is 2. The normalized spacial score (nSPS) is 49.7. The van der Waals surface area contributed by atoms with Crippen molar-refractivity contribution < 1.29 is 54.8 Å². The number of hydrogen-bond donors (Lipinski definition) is 13. The van der Waals surface area contributed by atoms with Crippen LogP contribution in [-0.4, -0.2) is 159 Å². The van der Waals surface area contributed by atoms with Gasteiger partial charge in [-0.15, -0.1) is 0 Å². The zero-order valence-corrected chi connectivity index (χ0v) is 23.4. The smallest absolute Gasteiger partial charge is 0.252 e. The Morgan fingerprint density at radius 2 is 1.62 bits per heavy atom. The quantitative estimate of drug-likeness (QED) is 0.102. The van der Waals surface area contributed by atoms with Gasteiger partial charge in [-0.25, -0.2) is 0 Å². The second kappa shape index (κ2) is 13.9. The first-order valence-corrected chi connectivity index (χ1v) is 14.5. The van der Waals surface area contributed by atoms with E-state index in [1.165, 1.54) is 0 Å². The summed E-state index contributed by atoms with van der Waals surface area (Å²) in [6.07, 6.45) is -10.7. The van der Waals surface area contributed by atoms with Crippen molar-refractivity contribution in [3.8, 4) is 0 Å². The standard InChI is InChI=1S/C25H48N6O11/c26-9-5-25(39,6-9)24(38)31-12-3-10(27)16(21-11(28)4-13(34)14(40-21)7-30-1-2-32)19(36)22(12)42-23-20(37)17(29)18(35)15(8-33)41-23/h9-23,30,32-37,39H,1-8,26-29H2,(H,31,38). The summed E-state index contributed by atoms with van der Waals surface area (Å²) in [7, 11) is 0. The third kappa shape index (κ3) is 6.90. The first-order valence-electron chi connectivity index (χ1n) is 14.5. The highest BCUT2D eigenvalue weighted by Crippen LogP contribution is 2.38. The van der Waals surface area contributed by atoms with Crippen molar-refractivity contribution in [1.82, 2.24) is 10.6 Å². The molecule has 0 bridgehead atoms. The van der Waals surface area contributed by atoms with Crippen molar-refractivity contribution >= 4 is 5.91 Å². The van der Waals surface area contributed by atoms with Crippen LogP contribution in [0.2, 0.25) is 0 Å². The van der Waals surface area contributed by atoms with Crippen molar-refractivity contribution in [3.05, 3.63) is 0 Å². The molecule has 0 spiro atoms. The molecule has 1 amide bonds. The highest BCUT2D eigenvalue weighted by Gasteiger charge is 2.55. The Morgan fingerprint density at radius 3 is 2.24 bits per heavy atom. The zero-order valence-electron chi connectivity index (χ0n) is 23.4. The Labute approximate surface area is 243 Å². The highest BCUT2D eigenvalue weighted by atomic mass is 16.7. The summed E-state index contributed by atoms with van der Waals surface area (Å²) >= 11 is 0. The molecule has 0 aromatic carbocycles. The maximum Gasteiger partial charge on any atom is 0.252 e. The van der Waals surface area contributed by atoms with Gasteiger partial charge in [0, 0.05) is 50.0 Å². The van der Waals surface area contributed by atoms with Crippen LogP contribution in [-0.2, 0) is 19.0 Å². The van der Waals surface area contributed by atoms with Gasteiger partial charge in [0.25, 0.3) is 5.91 Å². The number of hydrogen-bond acceptors (Lipinski definition) is 16. The van der Waals surface area contributed by atoms with Crippen molar-refractivity contribution in [1.29, 1.82) is 0 Å². The molecule has 4 rings (SSSR count). The number of rotatable bonds is 10. The van der Waals surface area contributed by atoms with Crippen LogP contribution in [0.4, 0.5) is 0 Å². The molecule has 0 radical (unpaired) electrons. The molecule has 4 aliphatic rings. The molecule has 4 fully saturated rings. The summed E-state index contributed by atoms with van der Waals surface area (Å²) in [5.41, 5.74) is 22.9. The van der Waals surface area contributed by atoms with E-state index in [1.807, 2.05) is 0 Å². The number of carbonyl (C=O) groups is 1. The zero-order chi connectivity index (χ0) is 30.9. The molecule has 2 saturated heterocycles. The molecule has 2 aliphatic carbocycles. The van der Waals surface area contributed by atoms with Crippen LogP contribution in [0.1, 0.15) is 25.7 Å². The number of aliphatic hydroxyl groups is 7. The third-order valence-electron chi connectivity index (χ3n) is 9.03. The Morgan fingerprint density at radius 1 is 0.929 bits per heavy atom. The van der Waals surface area contributed by atoms with Gasteiger partial charge in [0.1, 0.15) is 30.0 Å². The summed E-state index contributed by atoms with van der Waals surface area (Å²) < 4.78 is 17.8. The lowest BCUT2D eigenvalue weighted by Crippen LogP contribution is -2.71. The summed E-state index contributed by atoms with van der Waals surface area (Å²) in [6.45, 7) is -0.265. The molecule has 14 unspecified atom stereocenters. The number of ether oxygens (including phenoxy) is 3. The van der Waals surface area contributed by atoms with Crippen LogP contribution in [0.5, 0.6) is 0 Å². The second-order valence-corrected chi connectivity index (χ2v) is 12.2. The highest BCUT2D eigenvalue weighted by molar-refractivity contribution is 5.86. The predicted octanol–water partition coefficient (Wildman–Crippen LogP) is -7.39. The summed E-state index contributed by atoms with van der Waals surface area (Å²) in [5.74, 6) is -1.60. The molecule has 2 saturated carbocycles. The average Bonchev–Trinajstić information content (AvgIpc) is 2.92. The third-order valence-corrected chi connectivity index (χ3v) is 9.03. The minimum atomic E-state index is -1.70. The Bertz CT molecular complexity index is 901. The minimum Gasteiger partial charge on any atom is -0.395 e. The fourth-order valence-electron chi connectivity index (χ4n) is 6.57. The van der Waals surface area contributed by atoms with Crippen molar-refractivity contribution in [2.75, 3.05) is 26.3 Å². The van der Waals surface area contributed by atoms with Crippen molar-refractivity contribution in [2.45, 2.75) is 117 Å². The van der Waals surface area contributed by atoms with E-state index in [1.54, 1.807) is 0 Å². The predicted molar refractivity (Wildman–Crippen MR) is 144 cm³/mol. The molecule has 17 heteroatoms. The first-order chi connectivity index (χ1) is 19.8. The van der Waals surface area contributed by atoms with E-state index in [9.17, 15) is 35.4 Å². The second-order valence-electron chi connectivity index (χ2n) is 12.2. The topological polar surface area (TPSA) is 315 Å². The molecule has 42 heavy (non-hydrogen) atoms. The maximum absolute atomic E-state index is 13.1. The molecule has 0 aromatic rings. The van der Waals surface area contributed by atoms with E-state index in [0.717, 1.165) is 0 Å². The lowest BCUT2D eigenvalue weighted by Gasteiger charge is -2.52. The molecule has 17 N–H and O–H groups in total. The van der Waals surface area contributed by atoms with E-state index in [-0.39, 0.29) is 51.4 Å². The molecule has 0 aromatic heterocycles. The minimum absolute atomic E-state index is 0.0315. The van der Waals surface area contributed by atoms with E-state index in [2.05, 4.69) is 10.6 Å². The molecule has 17 nitrogen and oxygen atoms in total. The Balaban J connectivity index is 1.58. The van der Waals surface area contributed by atoms with Gasteiger partial charge in [-0.2, -0.15) is 0 Å². The number of amides is 1. The van der Waals surface area contributed by atoms with Crippen LogP contribution in [0.15, 0.2) is 0 Å². The fourth-order valence-corrected chi connectivity index (χ4v) is 6.57. The molecule has 244 valence electrons. The van der Waals surface area contributed by atoms with Crippen LogP contribution in [0.3, 0.4) is 0 Å². The molecule has 2 heterocycles. The monoisotopic (exact) mass is 608 g/mol. The van der Waals surface area contributed by atoms with Gasteiger partial charge in [0.05, 0.1) is 49.7 Å². The van der Waals surface area contributed by atoms with Crippen LogP contribution in [0.25, 0.3) is 0 Å². The summed E-state index contributed by atoms with van der Waals surface area (Å²) in [5, 5.41) is 78.3. The average molecular weight is 609 g/mol. The summed E-state index contributed by atoms with van der Waals surface area (Å²) in [6, 6.07) is -4.12. The van der Waals surface area contributed by atoms with Gasteiger partial charge in [-0.1, -0.05) is 0 Å². The van der Waals surface area contributed by atoms with Gasteiger partial charge in [-0.3, -0.25) is 4.79 Å². The Hall–Kier alpha value is -1.13. The largest absolute Gasteiger partial charge is 0.395 e. The first kappa shape index (κ1) is 33.8. The number of carbonyl (C=O) groups excluding carboxylic acids is 1. The van der Waals surface area contributed by atoms with Gasteiger partial charge < -0.3 is 83.5 Å². The van der Waals surface area contributed by atoms with Crippen LogP contribution in [0, 0.1) is 5.92 Å². The van der Waals surface area contributed by atoms with E-state index in [0.29, 0.717) is 0 Å². The van der Waals surface area contributed by atoms with Gasteiger partial charge in [0.2, 0.25) is 0 Å². The Kier molecular flexibility index (Phi) is 11.2. The van der Waals surface area contributed by atoms with E-state index in [4.69, 9.17) is 42.3 Å². The molecular formula is C25H48N6O11. The number of nitrogens with two attached hydrogens (primary N) is 4. The molecular weight excluding hydrogens is 560 g/mol. The van der Waals surface area contributed by atoms with Crippen molar-refractivity contribution in [3.63, 3.8) is 0 Å². The summed E-state index contributed by atoms with van der Waals surface area (Å²) in [4.78, 5) is 13.1. The van der Waals surface area contributed by atoms with Gasteiger partial charge >= 0.3 is 0 Å². The van der Waals surface area contributed by atoms with Gasteiger partial charge in [-0.05, 0) is 12.8 Å². The SMILES string of the molecule is NC1CC(O)(C(=O)NC2CC(N)C(C3OC(CNCCO)C(O)CC3N)C(O)C2OC2OC(CO)C(O)C(N)C2O)C1. The molecule has 2 aliphatic heterocycles. The number of aliphatic hydroxyl groups excluding tert-OH is 6. The fraction of sp³-hybridized carbons (Fsp3) is 0.960. The van der Waals surface area contributed by atoms with Crippen LogP contribution >= 0.6 is 0 Å². The van der Waals surface area contributed by atoms with E-state index < -0.39 is 103 Å². The lowest BCUT2D eigenvalue weighted by molar-refractivity contribution is -0.306. The lowest BCUT2D eigenvalue weighted by atomic mass is 9.71.